The van der Waals surface area contributed by atoms with E-state index in [1.54, 1.807) is 24.5 Å². The summed E-state index contributed by atoms with van der Waals surface area (Å²) in [5.74, 6) is 1.72. The summed E-state index contributed by atoms with van der Waals surface area (Å²) < 4.78 is 11.1. The highest BCUT2D eigenvalue weighted by molar-refractivity contribution is 7.18. The van der Waals surface area contributed by atoms with Crippen LogP contribution in [0, 0.1) is 0 Å². The maximum atomic E-state index is 12.7. The number of hydrogen-bond donors (Lipinski definition) is 1. The van der Waals surface area contributed by atoms with E-state index in [1.807, 2.05) is 25.1 Å². The van der Waals surface area contributed by atoms with Gasteiger partial charge in [-0.3, -0.25) is 4.79 Å². The fourth-order valence-electron chi connectivity index (χ4n) is 3.60. The molecule has 0 fully saturated rings. The van der Waals surface area contributed by atoms with Crippen LogP contribution in [0.25, 0.3) is 21.3 Å². The van der Waals surface area contributed by atoms with Gasteiger partial charge in [-0.2, -0.15) is 0 Å². The largest absolute Gasteiger partial charge is 0.493 e. The number of benzene rings is 1. The summed E-state index contributed by atoms with van der Waals surface area (Å²) in [5.41, 5.74) is 1.90. The fourth-order valence-corrected chi connectivity index (χ4v) is 5.08. The lowest BCUT2D eigenvalue weighted by Crippen LogP contribution is -2.12. The molecule has 0 unspecified atom stereocenters. The third-order valence-corrected chi connectivity index (χ3v) is 6.47. The molecule has 0 bridgehead atoms. The molecule has 0 radical (unpaired) electrons. The van der Waals surface area contributed by atoms with Crippen molar-refractivity contribution in [3.63, 3.8) is 0 Å². The van der Waals surface area contributed by atoms with Gasteiger partial charge in [0.2, 0.25) is 0 Å². The molecule has 0 saturated heterocycles. The molecule has 0 aliphatic heterocycles. The Morgan fingerprint density at radius 2 is 2.14 bits per heavy atom. The summed E-state index contributed by atoms with van der Waals surface area (Å²) in [6, 6.07) is 5.60. The van der Waals surface area contributed by atoms with Crippen LogP contribution in [0.3, 0.4) is 0 Å². The minimum absolute atomic E-state index is 0.113. The number of rotatable bonds is 6. The van der Waals surface area contributed by atoms with Gasteiger partial charge < -0.3 is 14.5 Å². The minimum atomic E-state index is -0.113. The van der Waals surface area contributed by atoms with Crippen molar-refractivity contribution in [1.82, 2.24) is 9.97 Å². The van der Waals surface area contributed by atoms with E-state index in [1.165, 1.54) is 16.9 Å². The number of H-pyrrole nitrogens is 1. The predicted molar refractivity (Wildman–Crippen MR) is 119 cm³/mol. The lowest BCUT2D eigenvalue weighted by Gasteiger charge is -2.11. The van der Waals surface area contributed by atoms with Crippen LogP contribution in [0.4, 0.5) is 0 Å². The smallest absolute Gasteiger partial charge is 0.260 e. The van der Waals surface area contributed by atoms with Crippen molar-refractivity contribution >= 4 is 44.3 Å². The Kier molecular flexibility index (Phi) is 5.92. The summed E-state index contributed by atoms with van der Waals surface area (Å²) in [6.07, 6.45) is 6.96. The van der Waals surface area contributed by atoms with E-state index in [0.717, 1.165) is 41.5 Å². The highest BCUT2D eigenvalue weighted by Crippen LogP contribution is 2.35. The molecule has 2 aromatic heterocycles. The second kappa shape index (κ2) is 8.59. The zero-order chi connectivity index (χ0) is 20.4. The number of methoxy groups -OCH3 is 1. The Bertz CT molecular complexity index is 1130. The van der Waals surface area contributed by atoms with Gasteiger partial charge in [0, 0.05) is 4.88 Å². The summed E-state index contributed by atoms with van der Waals surface area (Å²) in [5, 5.41) is 1.11. The molecule has 4 rings (SSSR count). The highest BCUT2D eigenvalue weighted by atomic mass is 35.5. The van der Waals surface area contributed by atoms with Crippen molar-refractivity contribution < 1.29 is 9.47 Å². The van der Waals surface area contributed by atoms with Gasteiger partial charge in [0.15, 0.2) is 17.3 Å². The molecule has 7 heteroatoms. The monoisotopic (exact) mass is 430 g/mol. The average Bonchev–Trinajstić information content (AvgIpc) is 3.11. The van der Waals surface area contributed by atoms with Crippen LogP contribution in [0.5, 0.6) is 11.5 Å². The van der Waals surface area contributed by atoms with E-state index < -0.39 is 0 Å². The average molecular weight is 431 g/mol. The van der Waals surface area contributed by atoms with Crippen molar-refractivity contribution in [1.29, 1.82) is 0 Å². The normalized spacial score (nSPS) is 14.1. The number of aryl methyl sites for hydroxylation is 2. The lowest BCUT2D eigenvalue weighted by molar-refractivity contribution is 0.294. The van der Waals surface area contributed by atoms with Crippen molar-refractivity contribution in [3.8, 4) is 11.5 Å². The Balaban J connectivity index is 1.70. The second-order valence-corrected chi connectivity index (χ2v) is 8.55. The van der Waals surface area contributed by atoms with Gasteiger partial charge in [-0.15, -0.1) is 11.3 Å². The van der Waals surface area contributed by atoms with Crippen molar-refractivity contribution in [2.75, 3.05) is 13.7 Å². The Labute approximate surface area is 178 Å². The fraction of sp³-hybridized carbons (Fsp3) is 0.364. The van der Waals surface area contributed by atoms with Crippen LogP contribution in [0.2, 0.25) is 0 Å². The zero-order valence-electron chi connectivity index (χ0n) is 16.5. The summed E-state index contributed by atoms with van der Waals surface area (Å²) >= 11 is 8.15. The van der Waals surface area contributed by atoms with Crippen molar-refractivity contribution in [2.24, 2.45) is 0 Å². The van der Waals surface area contributed by atoms with Crippen LogP contribution in [0.15, 0.2) is 23.0 Å². The number of hydrogen-bond acceptors (Lipinski definition) is 5. The molecule has 3 aromatic rings. The number of fused-ring (bicyclic) bond motifs is 3. The first-order valence-corrected chi connectivity index (χ1v) is 11.0. The Morgan fingerprint density at radius 1 is 1.31 bits per heavy atom. The van der Waals surface area contributed by atoms with Gasteiger partial charge in [0.1, 0.15) is 4.83 Å². The maximum absolute atomic E-state index is 12.7. The quantitative estimate of drug-likeness (QED) is 0.568. The van der Waals surface area contributed by atoms with Crippen LogP contribution < -0.4 is 15.0 Å². The zero-order valence-corrected chi connectivity index (χ0v) is 18.1. The maximum Gasteiger partial charge on any atom is 0.260 e. The molecule has 0 spiro atoms. The van der Waals surface area contributed by atoms with Gasteiger partial charge >= 0.3 is 0 Å². The first-order chi connectivity index (χ1) is 14.1. The summed E-state index contributed by atoms with van der Waals surface area (Å²) in [4.78, 5) is 22.3. The number of aromatic amines is 1. The molecule has 0 atom stereocenters. The number of halogens is 1. The van der Waals surface area contributed by atoms with E-state index in [-0.39, 0.29) is 5.56 Å². The highest BCUT2D eigenvalue weighted by Gasteiger charge is 2.20. The molecule has 5 nitrogen and oxygen atoms in total. The van der Waals surface area contributed by atoms with E-state index in [2.05, 4.69) is 9.97 Å². The van der Waals surface area contributed by atoms with E-state index >= 15 is 0 Å². The van der Waals surface area contributed by atoms with E-state index in [4.69, 9.17) is 21.1 Å². The number of ether oxygens (including phenoxy) is 2. The SMILES string of the molecule is CCCOc1cc(/C=C(\Cl)c2nc3sc4c(c3c(=O)[nH]2)CCCC4)ccc1OC. The van der Waals surface area contributed by atoms with Gasteiger partial charge in [-0.1, -0.05) is 24.6 Å². The van der Waals surface area contributed by atoms with Crippen molar-refractivity contribution in [2.45, 2.75) is 39.0 Å². The topological polar surface area (TPSA) is 64.2 Å². The number of aromatic nitrogens is 2. The molecular formula is C22H23ClN2O3S. The minimum Gasteiger partial charge on any atom is -0.493 e. The molecule has 2 heterocycles. The second-order valence-electron chi connectivity index (χ2n) is 7.06. The predicted octanol–water partition coefficient (Wildman–Crippen LogP) is 5.40. The molecule has 1 aromatic carbocycles. The summed E-state index contributed by atoms with van der Waals surface area (Å²) in [6.45, 7) is 2.65. The third kappa shape index (κ3) is 4.05. The first kappa shape index (κ1) is 20.0. The number of nitrogens with one attached hydrogen (secondary N) is 1. The third-order valence-electron chi connectivity index (χ3n) is 4.99. The first-order valence-electron chi connectivity index (χ1n) is 9.83. The molecular weight excluding hydrogens is 408 g/mol. The molecule has 152 valence electrons. The lowest BCUT2D eigenvalue weighted by atomic mass is 9.97. The van der Waals surface area contributed by atoms with Crippen LogP contribution >= 0.6 is 22.9 Å². The molecule has 0 amide bonds. The molecule has 29 heavy (non-hydrogen) atoms. The molecule has 1 N–H and O–H groups in total. The summed E-state index contributed by atoms with van der Waals surface area (Å²) in [7, 11) is 1.61. The van der Waals surface area contributed by atoms with E-state index in [9.17, 15) is 4.79 Å². The van der Waals surface area contributed by atoms with Crippen LogP contribution in [-0.4, -0.2) is 23.7 Å². The van der Waals surface area contributed by atoms with Gasteiger partial charge in [-0.05, 0) is 61.4 Å². The van der Waals surface area contributed by atoms with Crippen LogP contribution in [-0.2, 0) is 12.8 Å². The standard InChI is InChI=1S/C22H23ClN2O3S/c1-3-10-28-17-12-13(8-9-16(17)27-2)11-15(23)20-24-21(26)19-14-6-4-5-7-18(14)29-22(19)25-20/h8-9,11-12H,3-7,10H2,1-2H3,(H,24,25,26)/b15-11-. The van der Waals surface area contributed by atoms with Crippen molar-refractivity contribution in [3.05, 3.63) is 50.4 Å². The van der Waals surface area contributed by atoms with Gasteiger partial charge in [0.25, 0.3) is 5.56 Å². The molecule has 1 aliphatic rings. The Morgan fingerprint density at radius 3 is 2.93 bits per heavy atom. The molecule has 1 aliphatic carbocycles. The van der Waals surface area contributed by atoms with Crippen LogP contribution in [0.1, 0.15) is 48.0 Å². The van der Waals surface area contributed by atoms with Gasteiger partial charge in [-0.25, -0.2) is 4.98 Å². The van der Waals surface area contributed by atoms with E-state index in [0.29, 0.717) is 29.0 Å². The number of thiophene rings is 1. The number of nitrogens with zero attached hydrogens (tertiary/aromatic N) is 1. The Hall–Kier alpha value is -2.31. The molecule has 0 saturated carbocycles. The van der Waals surface area contributed by atoms with Gasteiger partial charge in [0.05, 0.1) is 24.1 Å².